The van der Waals surface area contributed by atoms with Crippen molar-refractivity contribution in [3.05, 3.63) is 11.9 Å². The van der Waals surface area contributed by atoms with Gasteiger partial charge in [0.2, 0.25) is 0 Å². The van der Waals surface area contributed by atoms with Crippen LogP contribution in [0.2, 0.25) is 0 Å². The molecule has 8 nitrogen and oxygen atoms in total. The number of likely N-dealkylation sites (tertiary alicyclic amines) is 1. The number of hydrogen-bond donors (Lipinski definition) is 2. The van der Waals surface area contributed by atoms with E-state index in [1.165, 1.54) is 10.9 Å². The van der Waals surface area contributed by atoms with Crippen LogP contribution in [0.15, 0.2) is 6.20 Å². The number of amides is 2. The lowest BCUT2D eigenvalue weighted by atomic mass is 10.1. The molecule has 1 fully saturated rings. The molecule has 1 saturated heterocycles. The number of aromatic carboxylic acids is 1. The van der Waals surface area contributed by atoms with Crippen LogP contribution in [-0.4, -0.2) is 56.1 Å². The molecule has 1 atom stereocenters. The summed E-state index contributed by atoms with van der Waals surface area (Å²) in [7, 11) is 0. The fourth-order valence-corrected chi connectivity index (χ4v) is 2.07. The smallest absolute Gasteiger partial charge is 0.358 e. The van der Waals surface area contributed by atoms with E-state index in [1.54, 1.807) is 4.90 Å². The Bertz CT molecular complexity index is 571. The highest BCUT2D eigenvalue weighted by Gasteiger charge is 2.33. The number of rotatable bonds is 5. The number of hydrogen-bond acceptors (Lipinski definition) is 4. The highest BCUT2D eigenvalue weighted by atomic mass is 16.4. The van der Waals surface area contributed by atoms with E-state index in [2.05, 4.69) is 21.5 Å². The van der Waals surface area contributed by atoms with Crippen molar-refractivity contribution in [3.63, 3.8) is 0 Å². The summed E-state index contributed by atoms with van der Waals surface area (Å²) in [5.74, 6) is 1.43. The summed E-state index contributed by atoms with van der Waals surface area (Å²) in [4.78, 5) is 24.3. The molecule has 0 aliphatic carbocycles. The van der Waals surface area contributed by atoms with E-state index in [-0.39, 0.29) is 23.8 Å². The number of carboxylic acids is 1. The molecule has 21 heavy (non-hydrogen) atoms. The quantitative estimate of drug-likeness (QED) is 0.762. The van der Waals surface area contributed by atoms with E-state index in [0.717, 1.165) is 12.8 Å². The Morgan fingerprint density at radius 1 is 1.62 bits per heavy atom. The number of nitrogens with zero attached hydrogens (tertiary/aromatic N) is 4. The molecule has 1 aliphatic heterocycles. The molecule has 2 heterocycles. The van der Waals surface area contributed by atoms with Gasteiger partial charge < -0.3 is 15.3 Å². The summed E-state index contributed by atoms with van der Waals surface area (Å²) < 4.78 is 1.47. The molecule has 1 aliphatic rings. The molecule has 2 N–H and O–H groups in total. The van der Waals surface area contributed by atoms with Gasteiger partial charge in [0.05, 0.1) is 18.3 Å². The minimum absolute atomic E-state index is 0.0492. The van der Waals surface area contributed by atoms with Crippen LogP contribution in [-0.2, 0) is 0 Å². The van der Waals surface area contributed by atoms with E-state index >= 15 is 0 Å². The minimum Gasteiger partial charge on any atom is -0.476 e. The van der Waals surface area contributed by atoms with Crippen molar-refractivity contribution in [3.8, 4) is 12.3 Å². The van der Waals surface area contributed by atoms with Gasteiger partial charge in [-0.15, -0.1) is 11.5 Å². The number of carboxylic acid groups (broad SMARTS) is 1. The van der Waals surface area contributed by atoms with Gasteiger partial charge in [-0.2, -0.15) is 0 Å². The van der Waals surface area contributed by atoms with Crippen molar-refractivity contribution in [1.82, 2.24) is 25.2 Å². The van der Waals surface area contributed by atoms with Crippen LogP contribution in [0.3, 0.4) is 0 Å². The van der Waals surface area contributed by atoms with Crippen molar-refractivity contribution in [2.24, 2.45) is 0 Å². The van der Waals surface area contributed by atoms with Gasteiger partial charge in [-0.3, -0.25) is 0 Å². The van der Waals surface area contributed by atoms with Gasteiger partial charge in [0, 0.05) is 13.1 Å². The third-order valence-electron chi connectivity index (χ3n) is 3.33. The van der Waals surface area contributed by atoms with E-state index in [1.807, 2.05) is 6.92 Å². The van der Waals surface area contributed by atoms with E-state index in [9.17, 15) is 9.59 Å². The van der Waals surface area contributed by atoms with Gasteiger partial charge in [-0.05, 0) is 6.42 Å². The maximum Gasteiger partial charge on any atom is 0.358 e. The second kappa shape index (κ2) is 6.26. The molecule has 1 aromatic heterocycles. The minimum atomic E-state index is -1.12. The first-order chi connectivity index (χ1) is 10.0. The van der Waals surface area contributed by atoms with Gasteiger partial charge in [0.25, 0.3) is 0 Å². The molecule has 2 rings (SSSR count). The molecular formula is C13H17N5O3. The molecule has 0 saturated carbocycles. The van der Waals surface area contributed by atoms with Crippen molar-refractivity contribution >= 4 is 12.0 Å². The van der Waals surface area contributed by atoms with Crippen LogP contribution in [0.1, 0.15) is 36.3 Å². The highest BCUT2D eigenvalue weighted by molar-refractivity contribution is 5.84. The summed E-state index contributed by atoms with van der Waals surface area (Å²) in [6, 6.07) is -0.514. The first kappa shape index (κ1) is 14.8. The zero-order valence-corrected chi connectivity index (χ0v) is 11.7. The summed E-state index contributed by atoms with van der Waals surface area (Å²) in [6.07, 6.45) is 8.36. The SMILES string of the molecule is C#CC(CCC)NC(=O)N1CC(n2cc(C(=O)O)nn2)C1. The number of carbonyl (C=O) groups excluding carboxylic acids is 1. The third kappa shape index (κ3) is 3.31. The topological polar surface area (TPSA) is 100 Å². The molecule has 8 heteroatoms. The Balaban J connectivity index is 1.84. The normalized spacial score (nSPS) is 15.9. The fraction of sp³-hybridized carbons (Fsp3) is 0.538. The Kier molecular flexibility index (Phi) is 4.42. The van der Waals surface area contributed by atoms with Gasteiger partial charge in [0.15, 0.2) is 5.69 Å². The second-order valence-electron chi connectivity index (χ2n) is 4.91. The Morgan fingerprint density at radius 3 is 2.86 bits per heavy atom. The lowest BCUT2D eigenvalue weighted by Gasteiger charge is -2.39. The van der Waals surface area contributed by atoms with Gasteiger partial charge >= 0.3 is 12.0 Å². The average molecular weight is 291 g/mol. The summed E-state index contributed by atoms with van der Waals surface area (Å²) in [5.41, 5.74) is -0.103. The number of carbonyl (C=O) groups is 2. The first-order valence-electron chi connectivity index (χ1n) is 6.71. The maximum atomic E-state index is 11.9. The molecular weight excluding hydrogens is 274 g/mol. The molecule has 112 valence electrons. The predicted octanol–water partition coefficient (Wildman–Crippen LogP) is 0.344. The summed E-state index contributed by atoms with van der Waals surface area (Å²) in [5, 5.41) is 18.9. The van der Waals surface area contributed by atoms with Crippen LogP contribution in [0, 0.1) is 12.3 Å². The molecule has 1 unspecified atom stereocenters. The zero-order valence-electron chi connectivity index (χ0n) is 11.7. The van der Waals surface area contributed by atoms with Crippen LogP contribution < -0.4 is 5.32 Å². The van der Waals surface area contributed by atoms with Gasteiger partial charge in [0.1, 0.15) is 0 Å². The maximum absolute atomic E-state index is 11.9. The fourth-order valence-electron chi connectivity index (χ4n) is 2.07. The predicted molar refractivity (Wildman–Crippen MR) is 73.7 cm³/mol. The Morgan fingerprint density at radius 2 is 2.33 bits per heavy atom. The number of nitrogens with one attached hydrogen (secondary N) is 1. The van der Waals surface area contributed by atoms with E-state index in [0.29, 0.717) is 13.1 Å². The Hall–Kier alpha value is -2.56. The lowest BCUT2D eigenvalue weighted by molar-refractivity contribution is 0.0690. The molecule has 2 amide bonds. The molecule has 0 spiro atoms. The average Bonchev–Trinajstić information content (AvgIpc) is 2.86. The van der Waals surface area contributed by atoms with Crippen LogP contribution in [0.5, 0.6) is 0 Å². The van der Waals surface area contributed by atoms with E-state index in [4.69, 9.17) is 11.5 Å². The lowest BCUT2D eigenvalue weighted by Crippen LogP contribution is -2.55. The Labute approximate surface area is 122 Å². The summed E-state index contributed by atoms with van der Waals surface area (Å²) >= 11 is 0. The standard InChI is InChI=1S/C13H17N5O3/c1-3-5-9(4-2)14-13(21)17-6-10(7-17)18-8-11(12(19)20)15-16-18/h2,8-10H,3,5-7H2,1H3,(H,14,21)(H,19,20). The van der Waals surface area contributed by atoms with Crippen molar-refractivity contribution in [2.45, 2.75) is 31.8 Å². The summed E-state index contributed by atoms with van der Waals surface area (Å²) in [6.45, 7) is 2.91. The van der Waals surface area contributed by atoms with Gasteiger partial charge in [-0.25, -0.2) is 14.3 Å². The number of aromatic nitrogens is 3. The van der Waals surface area contributed by atoms with Crippen LogP contribution in [0.4, 0.5) is 4.79 Å². The molecule has 1 aromatic rings. The third-order valence-corrected chi connectivity index (χ3v) is 3.33. The largest absolute Gasteiger partial charge is 0.476 e. The first-order valence-corrected chi connectivity index (χ1v) is 6.71. The second-order valence-corrected chi connectivity index (χ2v) is 4.91. The van der Waals surface area contributed by atoms with Crippen molar-refractivity contribution < 1.29 is 14.7 Å². The van der Waals surface area contributed by atoms with Crippen molar-refractivity contribution in [1.29, 1.82) is 0 Å². The van der Waals surface area contributed by atoms with Crippen LogP contribution >= 0.6 is 0 Å². The van der Waals surface area contributed by atoms with E-state index < -0.39 is 5.97 Å². The molecule has 0 radical (unpaired) electrons. The zero-order chi connectivity index (χ0) is 15.4. The molecule has 0 aromatic carbocycles. The molecule has 0 bridgehead atoms. The highest BCUT2D eigenvalue weighted by Crippen LogP contribution is 2.20. The van der Waals surface area contributed by atoms with Gasteiger partial charge in [-0.1, -0.05) is 24.5 Å². The van der Waals surface area contributed by atoms with Crippen LogP contribution in [0.25, 0.3) is 0 Å². The number of terminal acetylenes is 1. The van der Waals surface area contributed by atoms with Crippen molar-refractivity contribution in [2.75, 3.05) is 13.1 Å². The monoisotopic (exact) mass is 291 g/mol. The number of urea groups is 1.